The summed E-state index contributed by atoms with van der Waals surface area (Å²) in [6, 6.07) is 14.1. The van der Waals surface area contributed by atoms with E-state index in [-0.39, 0.29) is 0 Å². The number of nitrogens with zero attached hydrogens (tertiary/aromatic N) is 3. The second-order valence-corrected chi connectivity index (χ2v) is 8.31. The van der Waals surface area contributed by atoms with E-state index in [9.17, 15) is 0 Å². The number of aromatic nitrogens is 2. The standard InChI is InChI=1S/C25H28ClN5O/c1-17(2)19-9-5-6-10-21(19)28-24-20(26)16-27-25(30-24)29-22-12-11-18(15-23(22)32-3)31-13-7-4-8-14-31/h5-6,9-12,15-16H,1,4,7-8,13-14H2,2-3H3,(H2,27,28,29,30). The predicted octanol–water partition coefficient (Wildman–Crippen LogP) is 6.65. The van der Waals surface area contributed by atoms with Crippen molar-refractivity contribution in [3.8, 4) is 5.75 Å². The Morgan fingerprint density at radius 1 is 1.06 bits per heavy atom. The van der Waals surface area contributed by atoms with E-state index >= 15 is 0 Å². The van der Waals surface area contributed by atoms with Gasteiger partial charge in [-0.3, -0.25) is 0 Å². The maximum Gasteiger partial charge on any atom is 0.229 e. The predicted molar refractivity (Wildman–Crippen MR) is 134 cm³/mol. The van der Waals surface area contributed by atoms with Crippen LogP contribution in [0.1, 0.15) is 31.7 Å². The minimum absolute atomic E-state index is 0.425. The van der Waals surface area contributed by atoms with E-state index in [0.29, 0.717) is 16.8 Å². The number of allylic oxidation sites excluding steroid dienone is 1. The van der Waals surface area contributed by atoms with Crippen LogP contribution in [0.5, 0.6) is 5.75 Å². The number of para-hydroxylation sites is 1. The first-order valence-corrected chi connectivity index (χ1v) is 11.2. The van der Waals surface area contributed by atoms with E-state index in [0.717, 1.165) is 41.4 Å². The third-order valence-corrected chi connectivity index (χ3v) is 5.81. The van der Waals surface area contributed by atoms with E-state index in [4.69, 9.17) is 16.3 Å². The van der Waals surface area contributed by atoms with Gasteiger partial charge in [0.1, 0.15) is 10.8 Å². The zero-order valence-corrected chi connectivity index (χ0v) is 19.2. The van der Waals surface area contributed by atoms with Crippen LogP contribution in [0.2, 0.25) is 5.02 Å². The van der Waals surface area contributed by atoms with Gasteiger partial charge in [-0.1, -0.05) is 36.4 Å². The second-order valence-electron chi connectivity index (χ2n) is 7.90. The summed E-state index contributed by atoms with van der Waals surface area (Å²) in [4.78, 5) is 11.3. The average molecular weight is 450 g/mol. The lowest BCUT2D eigenvalue weighted by Gasteiger charge is -2.29. The fraction of sp³-hybridized carbons (Fsp3) is 0.280. The number of nitrogens with one attached hydrogen (secondary N) is 2. The van der Waals surface area contributed by atoms with Crippen LogP contribution >= 0.6 is 11.6 Å². The van der Waals surface area contributed by atoms with Gasteiger partial charge in [0.2, 0.25) is 5.95 Å². The van der Waals surface area contributed by atoms with Gasteiger partial charge in [0.15, 0.2) is 5.82 Å². The molecule has 2 aromatic carbocycles. The van der Waals surface area contributed by atoms with Gasteiger partial charge in [-0.2, -0.15) is 4.98 Å². The van der Waals surface area contributed by atoms with Gasteiger partial charge in [0.05, 0.1) is 19.0 Å². The molecule has 2 heterocycles. The number of halogens is 1. The van der Waals surface area contributed by atoms with Gasteiger partial charge >= 0.3 is 0 Å². The summed E-state index contributed by atoms with van der Waals surface area (Å²) in [7, 11) is 1.67. The monoisotopic (exact) mass is 449 g/mol. The summed E-state index contributed by atoms with van der Waals surface area (Å²) < 4.78 is 5.64. The molecule has 0 aliphatic carbocycles. The van der Waals surface area contributed by atoms with Crippen molar-refractivity contribution in [3.63, 3.8) is 0 Å². The van der Waals surface area contributed by atoms with Crippen LogP contribution in [0.25, 0.3) is 5.57 Å². The third kappa shape index (κ3) is 4.97. The van der Waals surface area contributed by atoms with Crippen molar-refractivity contribution in [2.24, 2.45) is 0 Å². The number of ether oxygens (including phenoxy) is 1. The molecule has 0 unspecified atom stereocenters. The Morgan fingerprint density at radius 3 is 2.59 bits per heavy atom. The van der Waals surface area contributed by atoms with Crippen LogP contribution in [-0.4, -0.2) is 30.2 Å². The zero-order chi connectivity index (χ0) is 22.5. The fourth-order valence-corrected chi connectivity index (χ4v) is 4.00. The zero-order valence-electron chi connectivity index (χ0n) is 18.5. The Morgan fingerprint density at radius 2 is 1.84 bits per heavy atom. The minimum Gasteiger partial charge on any atom is -0.494 e. The van der Waals surface area contributed by atoms with E-state index in [1.165, 1.54) is 24.9 Å². The minimum atomic E-state index is 0.425. The van der Waals surface area contributed by atoms with E-state index in [2.05, 4.69) is 44.2 Å². The van der Waals surface area contributed by atoms with Gasteiger partial charge in [-0.15, -0.1) is 0 Å². The molecule has 2 N–H and O–H groups in total. The van der Waals surface area contributed by atoms with Crippen molar-refractivity contribution in [3.05, 3.63) is 65.8 Å². The number of hydrogen-bond acceptors (Lipinski definition) is 6. The Balaban J connectivity index is 1.57. The topological polar surface area (TPSA) is 62.3 Å². The molecule has 3 aromatic rings. The molecule has 0 bridgehead atoms. The fourth-order valence-electron chi connectivity index (χ4n) is 3.86. The van der Waals surface area contributed by atoms with E-state index in [1.54, 1.807) is 13.3 Å². The van der Waals surface area contributed by atoms with Crippen LogP contribution in [-0.2, 0) is 0 Å². The first kappa shape index (κ1) is 22.0. The Bertz CT molecular complexity index is 1110. The lowest BCUT2D eigenvalue weighted by atomic mass is 10.1. The van der Waals surface area contributed by atoms with Crippen molar-refractivity contribution < 1.29 is 4.74 Å². The van der Waals surface area contributed by atoms with Gasteiger partial charge < -0.3 is 20.3 Å². The molecule has 1 aliphatic rings. The Hall–Kier alpha value is -3.25. The maximum absolute atomic E-state index is 6.38. The molecule has 6 nitrogen and oxygen atoms in total. The van der Waals surface area contributed by atoms with Gasteiger partial charge in [0, 0.05) is 36.1 Å². The van der Waals surface area contributed by atoms with Crippen LogP contribution < -0.4 is 20.3 Å². The highest BCUT2D eigenvalue weighted by molar-refractivity contribution is 6.33. The summed E-state index contributed by atoms with van der Waals surface area (Å²) >= 11 is 6.38. The number of hydrogen-bond donors (Lipinski definition) is 2. The van der Waals surface area contributed by atoms with Gasteiger partial charge in [-0.25, -0.2) is 4.98 Å². The van der Waals surface area contributed by atoms with Gasteiger partial charge in [0.25, 0.3) is 0 Å². The first-order chi connectivity index (χ1) is 15.5. The third-order valence-electron chi connectivity index (χ3n) is 5.54. The maximum atomic E-state index is 6.38. The van der Waals surface area contributed by atoms with Crippen molar-refractivity contribution >= 4 is 46.0 Å². The summed E-state index contributed by atoms with van der Waals surface area (Å²) in [5, 5.41) is 7.00. The molecule has 166 valence electrons. The molecule has 32 heavy (non-hydrogen) atoms. The first-order valence-electron chi connectivity index (χ1n) is 10.8. The molecule has 1 fully saturated rings. The van der Waals surface area contributed by atoms with Crippen LogP contribution in [0, 0.1) is 0 Å². The SMILES string of the molecule is C=C(C)c1ccccc1Nc1nc(Nc2ccc(N3CCCCC3)cc2OC)ncc1Cl. The molecule has 0 atom stereocenters. The van der Waals surface area contributed by atoms with E-state index in [1.807, 2.05) is 37.3 Å². The molecule has 4 rings (SSSR count). The quantitative estimate of drug-likeness (QED) is 0.421. The highest BCUT2D eigenvalue weighted by Gasteiger charge is 2.15. The van der Waals surface area contributed by atoms with Crippen LogP contribution in [0.4, 0.5) is 28.8 Å². The summed E-state index contributed by atoms with van der Waals surface area (Å²) in [5.41, 5.74) is 4.81. The van der Waals surface area contributed by atoms with Crippen molar-refractivity contribution in [2.45, 2.75) is 26.2 Å². The molecule has 7 heteroatoms. The molecule has 1 aliphatic heterocycles. The van der Waals surface area contributed by atoms with Crippen molar-refractivity contribution in [1.82, 2.24) is 9.97 Å². The molecule has 0 amide bonds. The lowest BCUT2D eigenvalue weighted by molar-refractivity contribution is 0.416. The number of anilines is 5. The van der Waals surface area contributed by atoms with E-state index < -0.39 is 0 Å². The molecule has 0 radical (unpaired) electrons. The van der Waals surface area contributed by atoms with Crippen molar-refractivity contribution in [1.29, 1.82) is 0 Å². The van der Waals surface area contributed by atoms with Gasteiger partial charge in [-0.05, 0) is 50.0 Å². The molecular formula is C25H28ClN5O. The molecule has 0 spiro atoms. The number of benzene rings is 2. The normalized spacial score (nSPS) is 13.5. The Labute approximate surface area is 194 Å². The summed E-state index contributed by atoms with van der Waals surface area (Å²) in [6.07, 6.45) is 5.34. The lowest BCUT2D eigenvalue weighted by Crippen LogP contribution is -2.29. The number of rotatable bonds is 7. The molecule has 1 saturated heterocycles. The second kappa shape index (κ2) is 9.92. The molecule has 1 aromatic heterocycles. The highest BCUT2D eigenvalue weighted by atomic mass is 35.5. The summed E-state index contributed by atoms with van der Waals surface area (Å²) in [5.74, 6) is 1.68. The Kier molecular flexibility index (Phi) is 6.81. The summed E-state index contributed by atoms with van der Waals surface area (Å²) in [6.45, 7) is 8.18. The largest absolute Gasteiger partial charge is 0.494 e. The molecular weight excluding hydrogens is 422 g/mol. The average Bonchev–Trinajstić information content (AvgIpc) is 2.82. The number of methoxy groups -OCH3 is 1. The van der Waals surface area contributed by atoms with Crippen LogP contribution in [0.3, 0.4) is 0 Å². The highest BCUT2D eigenvalue weighted by Crippen LogP contribution is 2.34. The molecule has 0 saturated carbocycles. The van der Waals surface area contributed by atoms with Crippen molar-refractivity contribution in [2.75, 3.05) is 35.7 Å². The number of piperidine rings is 1. The smallest absolute Gasteiger partial charge is 0.229 e. The van der Waals surface area contributed by atoms with Crippen LogP contribution in [0.15, 0.2) is 55.2 Å².